The second kappa shape index (κ2) is 7.90. The first kappa shape index (κ1) is 20.9. The van der Waals surface area contributed by atoms with Gasteiger partial charge in [0.25, 0.3) is 5.91 Å². The maximum Gasteiger partial charge on any atom is 0.309 e. The Morgan fingerprint density at radius 1 is 1.28 bits per heavy atom. The van der Waals surface area contributed by atoms with E-state index < -0.39 is 35.5 Å². The zero-order valence-corrected chi connectivity index (χ0v) is 16.4. The van der Waals surface area contributed by atoms with Gasteiger partial charge < -0.3 is 14.9 Å². The summed E-state index contributed by atoms with van der Waals surface area (Å²) in [4.78, 5) is 26.3. The van der Waals surface area contributed by atoms with Crippen molar-refractivity contribution in [2.24, 2.45) is 5.92 Å². The van der Waals surface area contributed by atoms with Crippen molar-refractivity contribution >= 4 is 11.9 Å². The van der Waals surface area contributed by atoms with E-state index in [9.17, 15) is 23.5 Å². The topological polar surface area (TPSA) is 95.7 Å². The summed E-state index contributed by atoms with van der Waals surface area (Å²) in [5.74, 6) is -3.96. The lowest BCUT2D eigenvalue weighted by molar-refractivity contribution is -0.145. The zero-order valence-electron chi connectivity index (χ0n) is 16.4. The molecule has 29 heavy (non-hydrogen) atoms. The first-order chi connectivity index (χ1) is 13.6. The van der Waals surface area contributed by atoms with Crippen LogP contribution in [-0.4, -0.2) is 51.7 Å². The van der Waals surface area contributed by atoms with E-state index in [0.717, 1.165) is 6.07 Å². The van der Waals surface area contributed by atoms with Gasteiger partial charge in [0, 0.05) is 36.8 Å². The van der Waals surface area contributed by atoms with Crippen LogP contribution in [0.4, 0.5) is 8.78 Å². The summed E-state index contributed by atoms with van der Waals surface area (Å²) in [7, 11) is 0. The number of piperidine rings is 1. The number of nitrogens with one attached hydrogen (secondary N) is 1. The number of amides is 1. The van der Waals surface area contributed by atoms with Gasteiger partial charge in [-0.1, -0.05) is 5.16 Å². The molecule has 2 unspecified atom stereocenters. The van der Waals surface area contributed by atoms with Gasteiger partial charge in [0.05, 0.1) is 11.5 Å². The van der Waals surface area contributed by atoms with E-state index in [4.69, 9.17) is 4.52 Å². The lowest BCUT2D eigenvalue weighted by Gasteiger charge is -2.43. The zero-order chi connectivity index (χ0) is 21.3. The quantitative estimate of drug-likeness (QED) is 0.809. The smallest absolute Gasteiger partial charge is 0.309 e. The number of rotatable bonds is 4. The summed E-state index contributed by atoms with van der Waals surface area (Å²) in [6.07, 6.45) is 0.470. The number of benzene rings is 1. The summed E-state index contributed by atoms with van der Waals surface area (Å²) in [5.41, 5.74) is -0.311. The van der Waals surface area contributed by atoms with E-state index in [2.05, 4.69) is 15.4 Å². The molecule has 0 radical (unpaired) electrons. The van der Waals surface area contributed by atoms with Crippen molar-refractivity contribution in [3.05, 3.63) is 41.6 Å². The molecule has 2 N–H and O–H groups in total. The average molecular weight is 407 g/mol. The van der Waals surface area contributed by atoms with Crippen molar-refractivity contribution in [1.29, 1.82) is 0 Å². The second-order valence-electron chi connectivity index (χ2n) is 8.13. The minimum absolute atomic E-state index is 0.0232. The van der Waals surface area contributed by atoms with Crippen LogP contribution in [0, 0.1) is 17.6 Å². The Labute approximate surface area is 166 Å². The molecule has 1 aliphatic rings. The Bertz CT molecular complexity index is 923. The standard InChI is InChI=1S/C20H23F2N3O4/c1-20(2,3)25-7-6-15(13(10-25)19(27)28)23-18(26)16-9-17(29-24-16)12-5-4-11(21)8-14(12)22/h4-5,8-9,13,15H,6-7,10H2,1-3H3,(H,23,26)(H,27,28). The molecule has 1 amide bonds. The van der Waals surface area contributed by atoms with E-state index in [1.165, 1.54) is 12.1 Å². The van der Waals surface area contributed by atoms with Crippen LogP contribution in [0.5, 0.6) is 0 Å². The molecule has 1 saturated heterocycles. The van der Waals surface area contributed by atoms with Crippen LogP contribution >= 0.6 is 0 Å². The molecule has 2 atom stereocenters. The fourth-order valence-electron chi connectivity index (χ4n) is 3.43. The highest BCUT2D eigenvalue weighted by Crippen LogP contribution is 2.26. The molecule has 0 spiro atoms. The highest BCUT2D eigenvalue weighted by atomic mass is 19.1. The van der Waals surface area contributed by atoms with Gasteiger partial charge in [-0.2, -0.15) is 0 Å². The maximum atomic E-state index is 13.9. The highest BCUT2D eigenvalue weighted by molar-refractivity contribution is 5.93. The first-order valence-corrected chi connectivity index (χ1v) is 9.27. The summed E-state index contributed by atoms with van der Waals surface area (Å²) in [6, 6.07) is 3.64. The minimum Gasteiger partial charge on any atom is -0.481 e. The SMILES string of the molecule is CC(C)(C)N1CCC(NC(=O)c2cc(-c3ccc(F)cc3F)on2)C(C(=O)O)C1. The molecule has 0 aliphatic carbocycles. The molecule has 7 nitrogen and oxygen atoms in total. The van der Waals surface area contributed by atoms with E-state index >= 15 is 0 Å². The van der Waals surface area contributed by atoms with Crippen molar-refractivity contribution in [2.45, 2.75) is 38.8 Å². The number of likely N-dealkylation sites (tertiary alicyclic amines) is 1. The number of hydrogen-bond donors (Lipinski definition) is 2. The van der Waals surface area contributed by atoms with Gasteiger partial charge >= 0.3 is 5.97 Å². The minimum atomic E-state index is -0.988. The average Bonchev–Trinajstić information content (AvgIpc) is 3.10. The number of carbonyl (C=O) groups is 2. The number of carboxylic acid groups (broad SMARTS) is 1. The number of aromatic nitrogens is 1. The van der Waals surface area contributed by atoms with Crippen molar-refractivity contribution in [3.8, 4) is 11.3 Å². The van der Waals surface area contributed by atoms with Gasteiger partial charge in [-0.25, -0.2) is 8.78 Å². The summed E-state index contributed by atoms with van der Waals surface area (Å²) in [5, 5.41) is 15.9. The van der Waals surface area contributed by atoms with Gasteiger partial charge in [0.1, 0.15) is 11.6 Å². The highest BCUT2D eigenvalue weighted by Gasteiger charge is 2.38. The van der Waals surface area contributed by atoms with E-state index in [0.29, 0.717) is 25.6 Å². The van der Waals surface area contributed by atoms with Crippen molar-refractivity contribution in [2.75, 3.05) is 13.1 Å². The van der Waals surface area contributed by atoms with Gasteiger partial charge in [-0.15, -0.1) is 0 Å². The molecule has 1 fully saturated rings. The van der Waals surface area contributed by atoms with Gasteiger partial charge in [-0.05, 0) is 39.3 Å². The van der Waals surface area contributed by atoms with Crippen LogP contribution in [0.2, 0.25) is 0 Å². The van der Waals surface area contributed by atoms with Crippen LogP contribution in [0.3, 0.4) is 0 Å². The Hall–Kier alpha value is -2.81. The summed E-state index contributed by atoms with van der Waals surface area (Å²) < 4.78 is 32.0. The predicted octanol–water partition coefficient (Wildman–Crippen LogP) is 2.92. The summed E-state index contributed by atoms with van der Waals surface area (Å²) >= 11 is 0. The van der Waals surface area contributed by atoms with Gasteiger partial charge in [-0.3, -0.25) is 14.5 Å². The van der Waals surface area contributed by atoms with Crippen molar-refractivity contribution in [1.82, 2.24) is 15.4 Å². The molecule has 0 saturated carbocycles. The maximum absolute atomic E-state index is 13.9. The van der Waals surface area contributed by atoms with Crippen LogP contribution in [0.1, 0.15) is 37.7 Å². The van der Waals surface area contributed by atoms with E-state index in [-0.39, 0.29) is 22.6 Å². The first-order valence-electron chi connectivity index (χ1n) is 9.27. The predicted molar refractivity (Wildman–Crippen MR) is 100 cm³/mol. The number of hydrogen-bond acceptors (Lipinski definition) is 5. The van der Waals surface area contributed by atoms with Crippen LogP contribution in [0.15, 0.2) is 28.8 Å². The third-order valence-corrected chi connectivity index (χ3v) is 5.13. The van der Waals surface area contributed by atoms with Crippen molar-refractivity contribution in [3.63, 3.8) is 0 Å². The lowest BCUT2D eigenvalue weighted by atomic mass is 9.89. The van der Waals surface area contributed by atoms with Crippen LogP contribution in [-0.2, 0) is 4.79 Å². The van der Waals surface area contributed by atoms with Gasteiger partial charge in [0.15, 0.2) is 11.5 Å². The molecule has 2 heterocycles. The lowest BCUT2D eigenvalue weighted by Crippen LogP contribution is -2.57. The van der Waals surface area contributed by atoms with E-state index in [1.807, 2.05) is 20.8 Å². The fraction of sp³-hybridized carbons (Fsp3) is 0.450. The molecule has 0 bridgehead atoms. The Kier molecular flexibility index (Phi) is 5.70. The molecule has 1 aliphatic heterocycles. The number of carbonyl (C=O) groups excluding carboxylic acids is 1. The molecule has 156 valence electrons. The number of halogens is 2. The third-order valence-electron chi connectivity index (χ3n) is 5.13. The van der Waals surface area contributed by atoms with Gasteiger partial charge in [0.2, 0.25) is 0 Å². The number of aliphatic carboxylic acids is 1. The largest absolute Gasteiger partial charge is 0.481 e. The summed E-state index contributed by atoms with van der Waals surface area (Å²) in [6.45, 7) is 6.99. The molecule has 1 aromatic carbocycles. The molecule has 3 rings (SSSR count). The Morgan fingerprint density at radius 2 is 2.00 bits per heavy atom. The fourth-order valence-corrected chi connectivity index (χ4v) is 3.43. The van der Waals surface area contributed by atoms with Crippen LogP contribution < -0.4 is 5.32 Å². The Balaban J connectivity index is 1.73. The molecule has 2 aromatic rings. The Morgan fingerprint density at radius 3 is 2.62 bits per heavy atom. The number of nitrogens with zero attached hydrogens (tertiary/aromatic N) is 2. The molecular weight excluding hydrogens is 384 g/mol. The monoisotopic (exact) mass is 407 g/mol. The number of carboxylic acids is 1. The van der Waals surface area contributed by atoms with E-state index in [1.54, 1.807) is 0 Å². The normalized spacial score (nSPS) is 20.4. The van der Waals surface area contributed by atoms with Crippen LogP contribution in [0.25, 0.3) is 11.3 Å². The second-order valence-corrected chi connectivity index (χ2v) is 8.13. The third kappa shape index (κ3) is 4.61. The van der Waals surface area contributed by atoms with Crippen molar-refractivity contribution < 1.29 is 28.0 Å². The molecule has 9 heteroatoms. The molecular formula is C20H23F2N3O4. The molecule has 1 aromatic heterocycles.